The topological polar surface area (TPSA) is 45.7 Å². The SMILES string of the molecule is COc1cccc2sc(N(CCN(C)C)C(=O)c3ccccc3I)nc12. The molecule has 0 aliphatic rings. The van der Waals surface area contributed by atoms with Gasteiger partial charge in [-0.25, -0.2) is 4.98 Å². The molecule has 7 heteroatoms. The van der Waals surface area contributed by atoms with Crippen molar-refractivity contribution in [3.63, 3.8) is 0 Å². The molecule has 1 aromatic heterocycles. The predicted molar refractivity (Wildman–Crippen MR) is 116 cm³/mol. The summed E-state index contributed by atoms with van der Waals surface area (Å²) in [5, 5.41) is 0.691. The molecule has 5 nitrogen and oxygen atoms in total. The fourth-order valence-electron chi connectivity index (χ4n) is 2.56. The summed E-state index contributed by atoms with van der Waals surface area (Å²) in [5.41, 5.74) is 1.48. The Morgan fingerprint density at radius 3 is 2.62 bits per heavy atom. The summed E-state index contributed by atoms with van der Waals surface area (Å²) in [6.07, 6.45) is 0. The Labute approximate surface area is 170 Å². The van der Waals surface area contributed by atoms with E-state index in [4.69, 9.17) is 9.72 Å². The van der Waals surface area contributed by atoms with E-state index in [0.717, 1.165) is 26.1 Å². The molecule has 0 saturated carbocycles. The maximum Gasteiger partial charge on any atom is 0.261 e. The van der Waals surface area contributed by atoms with E-state index in [1.54, 1.807) is 12.0 Å². The van der Waals surface area contributed by atoms with E-state index in [-0.39, 0.29) is 5.91 Å². The van der Waals surface area contributed by atoms with E-state index in [1.165, 1.54) is 11.3 Å². The van der Waals surface area contributed by atoms with Crippen molar-refractivity contribution in [2.45, 2.75) is 0 Å². The molecule has 3 rings (SSSR count). The van der Waals surface area contributed by atoms with Crippen LogP contribution in [0.25, 0.3) is 10.2 Å². The Hall–Kier alpha value is -1.71. The Morgan fingerprint density at radius 1 is 1.15 bits per heavy atom. The number of fused-ring (bicyclic) bond motifs is 1. The fourth-order valence-corrected chi connectivity index (χ4v) is 4.18. The largest absolute Gasteiger partial charge is 0.494 e. The number of thiazole rings is 1. The summed E-state index contributed by atoms with van der Waals surface area (Å²) in [6, 6.07) is 13.5. The average Bonchev–Trinajstić information content (AvgIpc) is 3.05. The quantitative estimate of drug-likeness (QED) is 0.497. The van der Waals surface area contributed by atoms with Crippen LogP contribution in [-0.2, 0) is 0 Å². The van der Waals surface area contributed by atoms with Gasteiger partial charge in [-0.15, -0.1) is 0 Å². The van der Waals surface area contributed by atoms with Gasteiger partial charge in [0.2, 0.25) is 0 Å². The lowest BCUT2D eigenvalue weighted by atomic mass is 10.2. The second-order valence-electron chi connectivity index (χ2n) is 6.04. The Kier molecular flexibility index (Phi) is 6.10. The van der Waals surface area contributed by atoms with Crippen LogP contribution in [0.3, 0.4) is 0 Å². The monoisotopic (exact) mass is 481 g/mol. The zero-order valence-electron chi connectivity index (χ0n) is 14.9. The van der Waals surface area contributed by atoms with Crippen molar-refractivity contribution in [1.82, 2.24) is 9.88 Å². The highest BCUT2D eigenvalue weighted by atomic mass is 127. The number of aromatic nitrogens is 1. The molecule has 0 aliphatic carbocycles. The molecule has 3 aromatic rings. The normalized spacial score (nSPS) is 11.1. The van der Waals surface area contributed by atoms with Crippen LogP contribution in [0.5, 0.6) is 5.75 Å². The standard InChI is InChI=1S/C19H20IN3O2S/c1-22(2)11-12-23(18(24)13-7-4-5-8-14(13)20)19-21-17-15(25-3)9-6-10-16(17)26-19/h4-10H,11-12H2,1-3H3. The van der Waals surface area contributed by atoms with Crippen LogP contribution in [0, 0.1) is 3.57 Å². The Bertz CT molecular complexity index is 926. The molecule has 0 atom stereocenters. The summed E-state index contributed by atoms with van der Waals surface area (Å²) in [4.78, 5) is 21.8. The van der Waals surface area contributed by atoms with Crippen molar-refractivity contribution in [3.8, 4) is 5.75 Å². The first-order valence-electron chi connectivity index (χ1n) is 8.16. The summed E-state index contributed by atoms with van der Waals surface area (Å²) in [5.74, 6) is 0.689. The maximum absolute atomic E-state index is 13.2. The predicted octanol–water partition coefficient (Wildman–Crippen LogP) is 4.12. The highest BCUT2D eigenvalue weighted by Crippen LogP contribution is 2.34. The molecule has 0 saturated heterocycles. The lowest BCUT2D eigenvalue weighted by Gasteiger charge is -2.22. The van der Waals surface area contributed by atoms with Gasteiger partial charge in [0.25, 0.3) is 5.91 Å². The van der Waals surface area contributed by atoms with Crippen LogP contribution in [0.15, 0.2) is 42.5 Å². The van der Waals surface area contributed by atoms with E-state index >= 15 is 0 Å². The van der Waals surface area contributed by atoms with Crippen LogP contribution < -0.4 is 9.64 Å². The maximum atomic E-state index is 13.2. The second kappa shape index (κ2) is 8.32. The number of para-hydroxylation sites is 1. The van der Waals surface area contributed by atoms with Gasteiger partial charge in [-0.2, -0.15) is 0 Å². The number of ether oxygens (including phenoxy) is 1. The first kappa shape index (κ1) is 19.1. The van der Waals surface area contributed by atoms with Gasteiger partial charge < -0.3 is 9.64 Å². The van der Waals surface area contributed by atoms with Crippen molar-refractivity contribution in [2.75, 3.05) is 39.2 Å². The molecule has 0 aliphatic heterocycles. The molecule has 0 fully saturated rings. The molecule has 0 unspecified atom stereocenters. The molecule has 0 spiro atoms. The van der Waals surface area contributed by atoms with Gasteiger partial charge in [-0.1, -0.05) is 29.5 Å². The number of likely N-dealkylation sites (N-methyl/N-ethyl adjacent to an activating group) is 1. The molecular formula is C19H20IN3O2S. The molecule has 0 radical (unpaired) electrons. The van der Waals surface area contributed by atoms with Crippen LogP contribution in [0.2, 0.25) is 0 Å². The Morgan fingerprint density at radius 2 is 1.92 bits per heavy atom. The van der Waals surface area contributed by atoms with Crippen molar-refractivity contribution < 1.29 is 9.53 Å². The van der Waals surface area contributed by atoms with Crippen LogP contribution in [0.1, 0.15) is 10.4 Å². The smallest absolute Gasteiger partial charge is 0.261 e. The van der Waals surface area contributed by atoms with Gasteiger partial charge in [-0.3, -0.25) is 9.69 Å². The average molecular weight is 481 g/mol. The van der Waals surface area contributed by atoms with Crippen LogP contribution in [-0.4, -0.2) is 50.1 Å². The third-order valence-electron chi connectivity index (χ3n) is 3.94. The van der Waals surface area contributed by atoms with Crippen LogP contribution >= 0.6 is 33.9 Å². The number of anilines is 1. The van der Waals surface area contributed by atoms with Crippen molar-refractivity contribution in [1.29, 1.82) is 0 Å². The Balaban J connectivity index is 2.04. The van der Waals surface area contributed by atoms with Gasteiger partial charge >= 0.3 is 0 Å². The highest BCUT2D eigenvalue weighted by molar-refractivity contribution is 14.1. The van der Waals surface area contributed by atoms with Gasteiger partial charge in [-0.05, 0) is 61.0 Å². The van der Waals surface area contributed by atoms with Gasteiger partial charge in [0.1, 0.15) is 11.3 Å². The van der Waals surface area contributed by atoms with E-state index < -0.39 is 0 Å². The molecule has 1 heterocycles. The van der Waals surface area contributed by atoms with E-state index in [1.807, 2.05) is 56.6 Å². The van der Waals surface area contributed by atoms with Crippen molar-refractivity contribution in [3.05, 3.63) is 51.6 Å². The first-order valence-corrected chi connectivity index (χ1v) is 10.1. The van der Waals surface area contributed by atoms with Gasteiger partial charge in [0, 0.05) is 16.7 Å². The summed E-state index contributed by atoms with van der Waals surface area (Å²) >= 11 is 3.71. The van der Waals surface area contributed by atoms with Crippen LogP contribution in [0.4, 0.5) is 5.13 Å². The number of halogens is 1. The summed E-state index contributed by atoms with van der Waals surface area (Å²) in [6.45, 7) is 1.32. The minimum atomic E-state index is -0.0325. The second-order valence-corrected chi connectivity index (χ2v) is 8.21. The number of nitrogens with zero attached hydrogens (tertiary/aromatic N) is 3. The fraction of sp³-hybridized carbons (Fsp3) is 0.263. The molecule has 0 bridgehead atoms. The number of rotatable bonds is 6. The number of hydrogen-bond donors (Lipinski definition) is 0. The minimum absolute atomic E-state index is 0.0325. The third-order valence-corrected chi connectivity index (χ3v) is 5.93. The minimum Gasteiger partial charge on any atom is -0.494 e. The number of carbonyl (C=O) groups is 1. The molecule has 26 heavy (non-hydrogen) atoms. The molecule has 136 valence electrons. The molecule has 0 N–H and O–H groups in total. The lowest BCUT2D eigenvalue weighted by molar-refractivity contribution is 0.0984. The number of carbonyl (C=O) groups excluding carboxylic acids is 1. The van der Waals surface area contributed by atoms with E-state index in [2.05, 4.69) is 27.5 Å². The highest BCUT2D eigenvalue weighted by Gasteiger charge is 2.23. The van der Waals surface area contributed by atoms with Crippen molar-refractivity contribution >= 4 is 55.2 Å². The molecule has 1 amide bonds. The number of methoxy groups -OCH3 is 1. The third kappa shape index (κ3) is 3.99. The van der Waals surface area contributed by atoms with Crippen molar-refractivity contribution in [2.24, 2.45) is 0 Å². The zero-order valence-corrected chi connectivity index (χ0v) is 17.9. The zero-order chi connectivity index (χ0) is 18.7. The van der Waals surface area contributed by atoms with Gasteiger partial charge in [0.05, 0.1) is 17.4 Å². The van der Waals surface area contributed by atoms with E-state index in [0.29, 0.717) is 17.2 Å². The number of benzene rings is 2. The number of amides is 1. The first-order chi connectivity index (χ1) is 12.5. The summed E-state index contributed by atoms with van der Waals surface area (Å²) in [7, 11) is 5.63. The molecular weight excluding hydrogens is 461 g/mol. The summed E-state index contributed by atoms with van der Waals surface area (Å²) < 4.78 is 7.35. The van der Waals surface area contributed by atoms with E-state index in [9.17, 15) is 4.79 Å². The molecule has 2 aromatic carbocycles. The number of hydrogen-bond acceptors (Lipinski definition) is 5. The lowest BCUT2D eigenvalue weighted by Crippen LogP contribution is -2.37. The van der Waals surface area contributed by atoms with Gasteiger partial charge in [0.15, 0.2) is 5.13 Å².